The van der Waals surface area contributed by atoms with Crippen molar-refractivity contribution in [3.63, 3.8) is 0 Å². The van der Waals surface area contributed by atoms with Gasteiger partial charge in [0.1, 0.15) is 0 Å². The van der Waals surface area contributed by atoms with E-state index in [1.165, 1.54) is 14.9 Å². The Morgan fingerprint density at radius 3 is 2.33 bits per heavy atom. The fourth-order valence-electron chi connectivity index (χ4n) is 3.41. The Morgan fingerprint density at radius 1 is 1.19 bits per heavy atom. The van der Waals surface area contributed by atoms with E-state index in [1.54, 1.807) is 14.0 Å². The van der Waals surface area contributed by atoms with Crippen LogP contribution in [-0.4, -0.2) is 77.4 Å². The minimum atomic E-state index is -3.27. The fourth-order valence-corrected chi connectivity index (χ4v) is 5.50. The Morgan fingerprint density at radius 2 is 1.81 bits per heavy atom. The lowest BCUT2D eigenvalue weighted by atomic mass is 9.74. The van der Waals surface area contributed by atoms with Crippen LogP contribution in [-0.2, 0) is 24.8 Å². The van der Waals surface area contributed by atoms with E-state index in [4.69, 9.17) is 4.74 Å². The Balaban J connectivity index is 2.25. The highest BCUT2D eigenvalue weighted by molar-refractivity contribution is 7.89. The lowest BCUT2D eigenvalue weighted by Crippen LogP contribution is -2.51. The summed E-state index contributed by atoms with van der Waals surface area (Å²) < 4.78 is 56.0. The maximum atomic E-state index is 12.0. The molecule has 0 aromatic heterocycles. The summed E-state index contributed by atoms with van der Waals surface area (Å²) in [5.41, 5.74) is -0.266. The molecule has 2 heterocycles. The van der Waals surface area contributed by atoms with Crippen LogP contribution in [0.3, 0.4) is 0 Å². The lowest BCUT2D eigenvalue weighted by Gasteiger charge is -2.42. The maximum Gasteiger partial charge on any atom is 0.213 e. The zero-order valence-electron chi connectivity index (χ0n) is 12.8. The van der Waals surface area contributed by atoms with E-state index >= 15 is 0 Å². The van der Waals surface area contributed by atoms with Gasteiger partial charge in [0.25, 0.3) is 0 Å². The maximum absolute atomic E-state index is 12.0. The topological polar surface area (TPSA) is 84.0 Å². The van der Waals surface area contributed by atoms with Gasteiger partial charge in [-0.3, -0.25) is 0 Å². The van der Waals surface area contributed by atoms with Gasteiger partial charge in [-0.05, 0) is 19.3 Å². The van der Waals surface area contributed by atoms with Gasteiger partial charge in [0.05, 0.1) is 18.6 Å². The molecular weight excluding hydrogens is 316 g/mol. The molecule has 9 heteroatoms. The van der Waals surface area contributed by atoms with Gasteiger partial charge in [0.15, 0.2) is 0 Å². The van der Waals surface area contributed by atoms with E-state index in [1.807, 2.05) is 0 Å². The van der Waals surface area contributed by atoms with Crippen molar-refractivity contribution < 1.29 is 21.6 Å². The monoisotopic (exact) mass is 340 g/mol. The van der Waals surface area contributed by atoms with Gasteiger partial charge in [0.2, 0.25) is 20.0 Å². The fraction of sp³-hybridized carbons (Fsp3) is 1.00. The summed E-state index contributed by atoms with van der Waals surface area (Å²) in [5, 5.41) is 0. The van der Waals surface area contributed by atoms with Crippen molar-refractivity contribution in [1.82, 2.24) is 8.61 Å². The summed E-state index contributed by atoms with van der Waals surface area (Å²) in [6.07, 6.45) is 1.84. The second kappa shape index (κ2) is 5.77. The van der Waals surface area contributed by atoms with Crippen molar-refractivity contribution in [2.45, 2.75) is 13.3 Å². The molecule has 2 fully saturated rings. The molecule has 2 atom stereocenters. The van der Waals surface area contributed by atoms with Crippen LogP contribution in [0.4, 0.5) is 0 Å². The highest BCUT2D eigenvalue weighted by Gasteiger charge is 2.52. The number of nitrogens with zero attached hydrogens (tertiary/aromatic N) is 2. The molecule has 0 saturated carbocycles. The van der Waals surface area contributed by atoms with Crippen LogP contribution in [0.15, 0.2) is 0 Å². The third-order valence-corrected chi connectivity index (χ3v) is 7.79. The van der Waals surface area contributed by atoms with Crippen molar-refractivity contribution in [3.05, 3.63) is 0 Å². The highest BCUT2D eigenvalue weighted by atomic mass is 32.2. The number of hydrogen-bond acceptors (Lipinski definition) is 5. The van der Waals surface area contributed by atoms with Crippen LogP contribution >= 0.6 is 0 Å². The largest absolute Gasteiger partial charge is 0.384 e. The summed E-state index contributed by atoms with van der Waals surface area (Å²) in [6.45, 7) is 3.70. The van der Waals surface area contributed by atoms with Crippen LogP contribution in [0.1, 0.15) is 13.3 Å². The molecule has 124 valence electrons. The first-order valence-electron chi connectivity index (χ1n) is 7.06. The molecule has 7 nitrogen and oxygen atoms in total. The van der Waals surface area contributed by atoms with Crippen LogP contribution in [0, 0.1) is 11.3 Å². The van der Waals surface area contributed by atoms with Crippen molar-refractivity contribution in [2.75, 3.05) is 51.9 Å². The quantitative estimate of drug-likeness (QED) is 0.678. The Hall–Kier alpha value is -0.220. The molecule has 0 amide bonds. The van der Waals surface area contributed by atoms with Crippen molar-refractivity contribution in [2.24, 2.45) is 11.3 Å². The zero-order valence-corrected chi connectivity index (χ0v) is 14.4. The van der Waals surface area contributed by atoms with E-state index in [9.17, 15) is 16.8 Å². The van der Waals surface area contributed by atoms with E-state index in [0.717, 1.165) is 0 Å². The van der Waals surface area contributed by atoms with Gasteiger partial charge in [-0.25, -0.2) is 25.4 Å². The summed E-state index contributed by atoms with van der Waals surface area (Å²) in [7, 11) is -4.89. The number of piperidine rings is 1. The smallest absolute Gasteiger partial charge is 0.213 e. The summed E-state index contributed by atoms with van der Waals surface area (Å²) in [5.74, 6) is 0.0644. The molecule has 0 aromatic carbocycles. The van der Waals surface area contributed by atoms with Crippen LogP contribution < -0.4 is 0 Å². The first kappa shape index (κ1) is 17.1. The predicted octanol–water partition coefficient (Wildman–Crippen LogP) is -0.434. The molecule has 0 unspecified atom stereocenters. The highest BCUT2D eigenvalue weighted by Crippen LogP contribution is 2.44. The second-order valence-electron chi connectivity index (χ2n) is 6.06. The van der Waals surface area contributed by atoms with E-state index in [2.05, 4.69) is 0 Å². The molecule has 2 saturated heterocycles. The molecule has 0 aliphatic carbocycles. The molecule has 2 aliphatic rings. The third-order valence-electron chi connectivity index (χ3n) is 4.72. The molecule has 0 radical (unpaired) electrons. The molecule has 2 rings (SSSR count). The molecule has 2 aliphatic heterocycles. The number of methoxy groups -OCH3 is 1. The van der Waals surface area contributed by atoms with Gasteiger partial charge >= 0.3 is 0 Å². The van der Waals surface area contributed by atoms with Crippen molar-refractivity contribution in [3.8, 4) is 0 Å². The molecule has 0 N–H and O–H groups in total. The first-order valence-corrected chi connectivity index (χ1v) is 10.5. The average molecular weight is 340 g/mol. The Labute approximate surface area is 127 Å². The lowest BCUT2D eigenvalue weighted by molar-refractivity contribution is 0.0209. The number of sulfonamides is 2. The second-order valence-corrected chi connectivity index (χ2v) is 10.3. The van der Waals surface area contributed by atoms with Crippen LogP contribution in [0.2, 0.25) is 0 Å². The third kappa shape index (κ3) is 3.26. The first-order chi connectivity index (χ1) is 9.64. The van der Waals surface area contributed by atoms with Crippen LogP contribution in [0.25, 0.3) is 0 Å². The minimum absolute atomic E-state index is 0.0118. The summed E-state index contributed by atoms with van der Waals surface area (Å²) in [6, 6.07) is 0. The van der Waals surface area contributed by atoms with Gasteiger partial charge in [0, 0.05) is 38.7 Å². The minimum Gasteiger partial charge on any atom is -0.384 e. The normalized spacial score (nSPS) is 32.2. The van der Waals surface area contributed by atoms with Gasteiger partial charge in [-0.15, -0.1) is 0 Å². The van der Waals surface area contributed by atoms with Crippen LogP contribution in [0.5, 0.6) is 0 Å². The predicted molar refractivity (Wildman–Crippen MR) is 79.9 cm³/mol. The van der Waals surface area contributed by atoms with Gasteiger partial charge < -0.3 is 4.74 Å². The summed E-state index contributed by atoms with van der Waals surface area (Å²) in [4.78, 5) is 0. The SMILES string of the molecule is CCS(=O)(=O)N1CC[C@@]2(COC)CN(S(C)(=O)=O)C[C@H]2C1. The van der Waals surface area contributed by atoms with E-state index < -0.39 is 20.0 Å². The standard InChI is InChI=1S/C12H24N2O5S2/c1-4-21(17,18)13-6-5-12(10-19-2)9-14(20(3,15)16)8-11(12)7-13/h11H,4-10H2,1-3H3/t11-,12+/m1/s1. The Bertz CT molecular complexity index is 589. The number of ether oxygens (including phenoxy) is 1. The molecule has 0 aromatic rings. The van der Waals surface area contributed by atoms with E-state index in [0.29, 0.717) is 39.2 Å². The number of fused-ring (bicyclic) bond motifs is 1. The van der Waals surface area contributed by atoms with Gasteiger partial charge in [-0.1, -0.05) is 0 Å². The van der Waals surface area contributed by atoms with E-state index in [-0.39, 0.29) is 17.1 Å². The van der Waals surface area contributed by atoms with Crippen molar-refractivity contribution in [1.29, 1.82) is 0 Å². The zero-order chi connectivity index (χ0) is 15.9. The molecule has 21 heavy (non-hydrogen) atoms. The summed E-state index contributed by atoms with van der Waals surface area (Å²) >= 11 is 0. The average Bonchev–Trinajstić information content (AvgIpc) is 2.77. The number of hydrogen-bond donors (Lipinski definition) is 0. The Kier molecular flexibility index (Phi) is 4.71. The van der Waals surface area contributed by atoms with Gasteiger partial charge in [-0.2, -0.15) is 0 Å². The molecule has 0 bridgehead atoms. The molecular formula is C12H24N2O5S2. The molecule has 0 spiro atoms. The number of rotatable bonds is 5. The van der Waals surface area contributed by atoms with Crippen molar-refractivity contribution >= 4 is 20.0 Å².